The first-order chi connectivity index (χ1) is 15.1. The summed E-state index contributed by atoms with van der Waals surface area (Å²) in [7, 11) is 0. The number of esters is 1. The first kappa shape index (κ1) is 24.1. The van der Waals surface area contributed by atoms with Gasteiger partial charge in [0.1, 0.15) is 6.10 Å². The van der Waals surface area contributed by atoms with Crippen LogP contribution < -0.4 is 0 Å². The van der Waals surface area contributed by atoms with Gasteiger partial charge in [0.15, 0.2) is 0 Å². The van der Waals surface area contributed by atoms with Crippen molar-refractivity contribution in [3.8, 4) is 0 Å². The van der Waals surface area contributed by atoms with Crippen molar-refractivity contribution in [3.05, 3.63) is 23.8 Å². The smallest absolute Gasteiger partial charge is 0.302 e. The van der Waals surface area contributed by atoms with E-state index in [1.54, 1.807) is 12.5 Å². The quantitative estimate of drug-likeness (QED) is 0.308. The molecule has 4 aliphatic rings. The summed E-state index contributed by atoms with van der Waals surface area (Å²) in [6, 6.07) is 0. The molecule has 4 unspecified atom stereocenters. The summed E-state index contributed by atoms with van der Waals surface area (Å²) in [5.41, 5.74) is 3.90. The molecule has 4 rings (SSSR count). The maximum atomic E-state index is 11.5. The van der Waals surface area contributed by atoms with Gasteiger partial charge in [0.05, 0.1) is 0 Å². The summed E-state index contributed by atoms with van der Waals surface area (Å²) in [6.07, 6.45) is 15.4. The van der Waals surface area contributed by atoms with Crippen LogP contribution in [0, 0.1) is 46.3 Å². The summed E-state index contributed by atoms with van der Waals surface area (Å²) in [5, 5.41) is 0. The van der Waals surface area contributed by atoms with Gasteiger partial charge in [0, 0.05) is 13.3 Å². The highest BCUT2D eigenvalue weighted by atomic mass is 16.5. The van der Waals surface area contributed by atoms with Crippen molar-refractivity contribution in [2.75, 3.05) is 0 Å². The second-order valence-corrected chi connectivity index (χ2v) is 12.8. The molecule has 2 heteroatoms. The highest BCUT2D eigenvalue weighted by molar-refractivity contribution is 5.66. The van der Waals surface area contributed by atoms with Crippen LogP contribution in [0.1, 0.15) is 106 Å². The van der Waals surface area contributed by atoms with Gasteiger partial charge in [-0.05, 0) is 104 Å². The number of hydrogen-bond acceptors (Lipinski definition) is 2. The molecule has 0 radical (unpaired) electrons. The van der Waals surface area contributed by atoms with Crippen LogP contribution in [-0.4, -0.2) is 12.1 Å². The highest BCUT2D eigenvalue weighted by Crippen LogP contribution is 2.67. The first-order valence-electron chi connectivity index (χ1n) is 13.6. The molecule has 0 N–H and O–H groups in total. The molecule has 0 saturated heterocycles. The van der Waals surface area contributed by atoms with Gasteiger partial charge in [-0.15, -0.1) is 0 Å². The van der Waals surface area contributed by atoms with E-state index in [1.165, 1.54) is 56.9 Å². The van der Waals surface area contributed by atoms with Crippen molar-refractivity contribution in [1.82, 2.24) is 0 Å². The number of ether oxygens (including phenoxy) is 1. The van der Waals surface area contributed by atoms with Crippen LogP contribution in [-0.2, 0) is 9.53 Å². The van der Waals surface area contributed by atoms with Gasteiger partial charge in [-0.25, -0.2) is 0 Å². The number of carbonyl (C=O) groups is 1. The topological polar surface area (TPSA) is 26.3 Å². The first-order valence-corrected chi connectivity index (χ1v) is 13.6. The Morgan fingerprint density at radius 1 is 1.12 bits per heavy atom. The average Bonchev–Trinajstić information content (AvgIpc) is 3.08. The fourth-order valence-electron chi connectivity index (χ4n) is 8.84. The van der Waals surface area contributed by atoms with Crippen molar-refractivity contribution in [1.29, 1.82) is 0 Å². The zero-order valence-electron chi connectivity index (χ0n) is 21.7. The second kappa shape index (κ2) is 8.95. The van der Waals surface area contributed by atoms with Crippen molar-refractivity contribution in [2.24, 2.45) is 46.3 Å². The van der Waals surface area contributed by atoms with Gasteiger partial charge >= 0.3 is 5.97 Å². The number of rotatable bonds is 6. The molecule has 3 fully saturated rings. The molecular formula is C30H48O2. The Morgan fingerprint density at radius 3 is 2.56 bits per heavy atom. The van der Waals surface area contributed by atoms with Crippen molar-refractivity contribution >= 4 is 5.97 Å². The minimum Gasteiger partial charge on any atom is -0.462 e. The molecule has 32 heavy (non-hydrogen) atoms. The van der Waals surface area contributed by atoms with Gasteiger partial charge in [0.25, 0.3) is 0 Å². The maximum Gasteiger partial charge on any atom is 0.302 e. The third kappa shape index (κ3) is 4.14. The molecule has 2 nitrogen and oxygen atoms in total. The van der Waals surface area contributed by atoms with E-state index in [2.05, 4.69) is 47.3 Å². The molecule has 0 bridgehead atoms. The Bertz CT molecular complexity index is 763. The van der Waals surface area contributed by atoms with E-state index in [0.717, 1.165) is 42.4 Å². The molecule has 0 heterocycles. The molecule has 0 spiro atoms. The van der Waals surface area contributed by atoms with Crippen LogP contribution in [0.3, 0.4) is 0 Å². The lowest BCUT2D eigenvalue weighted by Crippen LogP contribution is -2.51. The number of fused-ring (bicyclic) bond motifs is 5. The van der Waals surface area contributed by atoms with Crippen LogP contribution in [0.2, 0.25) is 0 Å². The monoisotopic (exact) mass is 440 g/mol. The lowest BCUT2D eigenvalue weighted by atomic mass is 9.47. The zero-order chi connectivity index (χ0) is 23.3. The molecule has 0 amide bonds. The van der Waals surface area contributed by atoms with Crippen LogP contribution >= 0.6 is 0 Å². The minimum atomic E-state index is -0.121. The largest absolute Gasteiger partial charge is 0.462 e. The average molecular weight is 441 g/mol. The number of hydrogen-bond donors (Lipinski definition) is 0. The Morgan fingerprint density at radius 2 is 1.88 bits per heavy atom. The summed E-state index contributed by atoms with van der Waals surface area (Å²) in [5.74, 6) is 4.76. The molecule has 0 aromatic rings. The van der Waals surface area contributed by atoms with Crippen LogP contribution in [0.4, 0.5) is 0 Å². The van der Waals surface area contributed by atoms with Gasteiger partial charge < -0.3 is 4.74 Å². The van der Waals surface area contributed by atoms with Gasteiger partial charge in [-0.3, -0.25) is 4.79 Å². The standard InChI is InChI=1S/C30H48O2/c1-19(2)20(3)8-9-21(4)26-12-13-27-25-11-10-23-18-24(32-22(5)31)14-16-29(23,6)28(25)15-17-30(26,27)7/h10,19,21,24-28H,3,8-9,11-18H2,1-2,4-7H3/t21-,24?,25?,26-,27?,28?,29+,30-/m1/s1. The van der Waals surface area contributed by atoms with E-state index in [9.17, 15) is 4.79 Å². The lowest BCUT2D eigenvalue weighted by Gasteiger charge is -2.58. The maximum absolute atomic E-state index is 11.5. The third-order valence-corrected chi connectivity index (χ3v) is 10.9. The van der Waals surface area contributed by atoms with E-state index >= 15 is 0 Å². The summed E-state index contributed by atoms with van der Waals surface area (Å²) in [4.78, 5) is 11.5. The van der Waals surface area contributed by atoms with Gasteiger partial charge in [0.2, 0.25) is 0 Å². The normalized spacial score (nSPS) is 41.8. The summed E-state index contributed by atoms with van der Waals surface area (Å²) < 4.78 is 5.62. The third-order valence-electron chi connectivity index (χ3n) is 10.9. The van der Waals surface area contributed by atoms with E-state index in [1.807, 2.05) is 0 Å². The fraction of sp³-hybridized carbons (Fsp3) is 0.833. The van der Waals surface area contributed by atoms with Gasteiger partial charge in [-0.2, -0.15) is 0 Å². The van der Waals surface area contributed by atoms with Gasteiger partial charge in [-0.1, -0.05) is 58.4 Å². The Hall–Kier alpha value is -1.05. The van der Waals surface area contributed by atoms with E-state index in [-0.39, 0.29) is 12.1 Å². The Balaban J connectivity index is 1.47. The SMILES string of the molecule is C=C(CC[C@@H](C)[C@H]1CCC2C3CC=C4CC(OC(C)=O)CC[C@]4(C)C3CC[C@@]21C)C(C)C. The van der Waals surface area contributed by atoms with Crippen LogP contribution in [0.5, 0.6) is 0 Å². The Labute approximate surface area is 197 Å². The second-order valence-electron chi connectivity index (χ2n) is 12.8. The highest BCUT2D eigenvalue weighted by Gasteiger charge is 2.59. The van der Waals surface area contributed by atoms with E-state index in [0.29, 0.717) is 16.7 Å². The molecule has 3 saturated carbocycles. The van der Waals surface area contributed by atoms with Crippen molar-refractivity contribution in [3.63, 3.8) is 0 Å². The fourth-order valence-corrected chi connectivity index (χ4v) is 8.84. The van der Waals surface area contributed by atoms with Crippen LogP contribution in [0.15, 0.2) is 23.8 Å². The van der Waals surface area contributed by atoms with Crippen molar-refractivity contribution < 1.29 is 9.53 Å². The minimum absolute atomic E-state index is 0.106. The van der Waals surface area contributed by atoms with E-state index < -0.39 is 0 Å². The molecule has 0 aromatic heterocycles. The molecule has 0 aliphatic heterocycles. The number of carbonyl (C=O) groups excluding carboxylic acids is 1. The molecule has 4 aliphatic carbocycles. The summed E-state index contributed by atoms with van der Waals surface area (Å²) in [6.45, 7) is 18.2. The molecular weight excluding hydrogens is 392 g/mol. The lowest BCUT2D eigenvalue weighted by molar-refractivity contribution is -0.148. The Kier molecular flexibility index (Phi) is 6.74. The predicted octanol–water partition coefficient (Wildman–Crippen LogP) is 8.13. The predicted molar refractivity (Wildman–Crippen MR) is 133 cm³/mol. The van der Waals surface area contributed by atoms with E-state index in [4.69, 9.17) is 4.74 Å². The number of allylic oxidation sites excluding steroid dienone is 2. The molecule has 8 atom stereocenters. The summed E-state index contributed by atoms with van der Waals surface area (Å²) >= 11 is 0. The molecule has 180 valence electrons. The zero-order valence-corrected chi connectivity index (χ0v) is 21.7. The van der Waals surface area contributed by atoms with Crippen LogP contribution in [0.25, 0.3) is 0 Å². The van der Waals surface area contributed by atoms with Crippen molar-refractivity contribution in [2.45, 2.75) is 112 Å². The molecule has 0 aromatic carbocycles.